The monoisotopic (exact) mass is 372 g/mol. The van der Waals surface area contributed by atoms with Crippen molar-refractivity contribution in [2.24, 2.45) is 0 Å². The normalized spacial score (nSPS) is 10.9. The molecule has 0 saturated carbocycles. The van der Waals surface area contributed by atoms with Crippen molar-refractivity contribution in [3.05, 3.63) is 95.6 Å². The first-order chi connectivity index (χ1) is 13.2. The maximum atomic E-state index is 13.2. The van der Waals surface area contributed by atoms with Crippen molar-refractivity contribution in [3.8, 4) is 0 Å². The fourth-order valence-electron chi connectivity index (χ4n) is 3.03. The van der Waals surface area contributed by atoms with E-state index in [0.717, 1.165) is 26.5 Å². The number of carbonyl (C=O) groups excluding carboxylic acids is 1. The van der Waals surface area contributed by atoms with Gasteiger partial charge in [0.25, 0.3) is 0 Å². The molecule has 3 nitrogen and oxygen atoms in total. The van der Waals surface area contributed by atoms with Crippen LogP contribution in [0.25, 0.3) is 10.2 Å². The van der Waals surface area contributed by atoms with Gasteiger partial charge in [0.2, 0.25) is 5.91 Å². The second kappa shape index (κ2) is 7.72. The standard InChI is InChI=1S/C23H20N2OS/c1-17-12-13-20-21(14-17)27-23(24-20)25(16-19-10-6-3-7-11-19)22(26)15-18-8-4-2-5-9-18/h2-14H,15-16H2,1H3. The predicted octanol–water partition coefficient (Wildman–Crippen LogP) is 5.38. The molecule has 0 fully saturated rings. The lowest BCUT2D eigenvalue weighted by molar-refractivity contribution is -0.118. The van der Waals surface area contributed by atoms with Crippen molar-refractivity contribution in [2.75, 3.05) is 4.90 Å². The number of hydrogen-bond acceptors (Lipinski definition) is 3. The summed E-state index contributed by atoms with van der Waals surface area (Å²) in [6, 6.07) is 26.1. The van der Waals surface area contributed by atoms with Crippen LogP contribution in [0.2, 0.25) is 0 Å². The summed E-state index contributed by atoms with van der Waals surface area (Å²) in [6.07, 6.45) is 0.364. The number of hydrogen-bond donors (Lipinski definition) is 0. The van der Waals surface area contributed by atoms with E-state index in [9.17, 15) is 4.79 Å². The minimum Gasteiger partial charge on any atom is -0.283 e. The molecule has 3 aromatic carbocycles. The van der Waals surface area contributed by atoms with Crippen molar-refractivity contribution in [3.63, 3.8) is 0 Å². The highest BCUT2D eigenvalue weighted by molar-refractivity contribution is 7.22. The zero-order valence-electron chi connectivity index (χ0n) is 15.1. The third-order valence-electron chi connectivity index (χ3n) is 4.45. The Labute approximate surface area is 162 Å². The summed E-state index contributed by atoms with van der Waals surface area (Å²) in [5.74, 6) is 0.0563. The van der Waals surface area contributed by atoms with E-state index in [4.69, 9.17) is 4.98 Å². The van der Waals surface area contributed by atoms with Crippen LogP contribution in [0.1, 0.15) is 16.7 Å². The lowest BCUT2D eigenvalue weighted by Gasteiger charge is -2.20. The van der Waals surface area contributed by atoms with Crippen LogP contribution in [0.5, 0.6) is 0 Å². The number of rotatable bonds is 5. The predicted molar refractivity (Wildman–Crippen MR) is 112 cm³/mol. The van der Waals surface area contributed by atoms with Crippen molar-refractivity contribution in [1.29, 1.82) is 0 Å². The van der Waals surface area contributed by atoms with Gasteiger partial charge < -0.3 is 0 Å². The Morgan fingerprint density at radius 2 is 1.59 bits per heavy atom. The summed E-state index contributed by atoms with van der Waals surface area (Å²) in [5, 5.41) is 0.750. The Bertz CT molecular complexity index is 1060. The zero-order valence-corrected chi connectivity index (χ0v) is 15.9. The highest BCUT2D eigenvalue weighted by atomic mass is 32.1. The number of thiazole rings is 1. The quantitative estimate of drug-likeness (QED) is 0.471. The molecule has 4 heteroatoms. The topological polar surface area (TPSA) is 33.2 Å². The van der Waals surface area contributed by atoms with Gasteiger partial charge in [-0.05, 0) is 35.7 Å². The van der Waals surface area contributed by atoms with Crippen molar-refractivity contribution in [1.82, 2.24) is 4.98 Å². The van der Waals surface area contributed by atoms with Crippen molar-refractivity contribution >= 4 is 32.6 Å². The molecule has 1 aromatic heterocycles. The SMILES string of the molecule is Cc1ccc2nc(N(Cc3ccccc3)C(=O)Cc3ccccc3)sc2c1. The number of nitrogens with zero attached hydrogens (tertiary/aromatic N) is 2. The molecule has 0 N–H and O–H groups in total. The van der Waals surface area contributed by atoms with E-state index >= 15 is 0 Å². The molecule has 0 atom stereocenters. The summed E-state index contributed by atoms with van der Waals surface area (Å²) >= 11 is 1.57. The van der Waals surface area contributed by atoms with Crippen molar-refractivity contribution < 1.29 is 4.79 Å². The average molecular weight is 372 g/mol. The number of aryl methyl sites for hydroxylation is 1. The average Bonchev–Trinajstić information content (AvgIpc) is 3.10. The van der Waals surface area contributed by atoms with E-state index in [-0.39, 0.29) is 5.91 Å². The van der Waals surface area contributed by atoms with Gasteiger partial charge in [0.15, 0.2) is 5.13 Å². The van der Waals surface area contributed by atoms with E-state index in [2.05, 4.69) is 19.1 Å². The van der Waals surface area contributed by atoms with Crippen LogP contribution in [0, 0.1) is 6.92 Å². The summed E-state index contributed by atoms with van der Waals surface area (Å²) in [5.41, 5.74) is 4.24. The zero-order chi connectivity index (χ0) is 18.6. The molecule has 1 heterocycles. The van der Waals surface area contributed by atoms with Gasteiger partial charge in [0.05, 0.1) is 23.2 Å². The van der Waals surface area contributed by atoms with Crippen LogP contribution in [-0.4, -0.2) is 10.9 Å². The molecule has 4 aromatic rings. The third kappa shape index (κ3) is 4.07. The van der Waals surface area contributed by atoms with Crippen LogP contribution < -0.4 is 4.90 Å². The number of amides is 1. The molecule has 27 heavy (non-hydrogen) atoms. The van der Waals surface area contributed by atoms with E-state index in [1.807, 2.05) is 71.6 Å². The highest BCUT2D eigenvalue weighted by Gasteiger charge is 2.20. The van der Waals surface area contributed by atoms with Crippen LogP contribution in [0.4, 0.5) is 5.13 Å². The maximum absolute atomic E-state index is 13.2. The number of benzene rings is 3. The van der Waals surface area contributed by atoms with Gasteiger partial charge >= 0.3 is 0 Å². The molecule has 0 spiro atoms. The highest BCUT2D eigenvalue weighted by Crippen LogP contribution is 2.31. The molecule has 4 rings (SSSR count). The molecule has 134 valence electrons. The maximum Gasteiger partial charge on any atom is 0.233 e. The molecule has 0 aliphatic heterocycles. The number of anilines is 1. The first kappa shape index (κ1) is 17.4. The Morgan fingerprint density at radius 1 is 0.926 bits per heavy atom. The van der Waals surface area contributed by atoms with Gasteiger partial charge in [0, 0.05) is 0 Å². The minimum atomic E-state index is 0.0563. The summed E-state index contributed by atoms with van der Waals surface area (Å²) in [6.45, 7) is 2.59. The van der Waals surface area contributed by atoms with Gasteiger partial charge in [0.1, 0.15) is 0 Å². The molecule has 1 amide bonds. The Hall–Kier alpha value is -2.98. The lowest BCUT2D eigenvalue weighted by atomic mass is 10.1. The molecule has 0 aliphatic carbocycles. The smallest absolute Gasteiger partial charge is 0.233 e. The third-order valence-corrected chi connectivity index (χ3v) is 5.49. The fraction of sp³-hybridized carbons (Fsp3) is 0.130. The number of fused-ring (bicyclic) bond motifs is 1. The first-order valence-electron chi connectivity index (χ1n) is 8.94. The summed E-state index contributed by atoms with van der Waals surface area (Å²) in [7, 11) is 0. The van der Waals surface area contributed by atoms with Crippen LogP contribution in [-0.2, 0) is 17.8 Å². The van der Waals surface area contributed by atoms with Gasteiger partial charge in [-0.25, -0.2) is 4.98 Å². The van der Waals surface area contributed by atoms with Crippen molar-refractivity contribution in [2.45, 2.75) is 19.9 Å². The van der Waals surface area contributed by atoms with E-state index in [1.54, 1.807) is 11.3 Å². The second-order valence-corrected chi connectivity index (χ2v) is 7.60. The largest absolute Gasteiger partial charge is 0.283 e. The summed E-state index contributed by atoms with van der Waals surface area (Å²) < 4.78 is 1.11. The summed E-state index contributed by atoms with van der Waals surface area (Å²) in [4.78, 5) is 19.7. The molecular weight excluding hydrogens is 352 g/mol. The molecule has 0 radical (unpaired) electrons. The Balaban J connectivity index is 1.68. The molecule has 0 bridgehead atoms. The van der Waals surface area contributed by atoms with Gasteiger partial charge in [-0.1, -0.05) is 78.1 Å². The van der Waals surface area contributed by atoms with Gasteiger partial charge in [-0.3, -0.25) is 9.69 Å². The van der Waals surface area contributed by atoms with Gasteiger partial charge in [-0.2, -0.15) is 0 Å². The van der Waals surface area contributed by atoms with Crippen LogP contribution in [0.15, 0.2) is 78.9 Å². The van der Waals surface area contributed by atoms with Crippen LogP contribution in [0.3, 0.4) is 0 Å². The molecule has 0 saturated heterocycles. The number of carbonyl (C=O) groups is 1. The number of aromatic nitrogens is 1. The fourth-order valence-corrected chi connectivity index (χ4v) is 4.11. The minimum absolute atomic E-state index is 0.0563. The van der Waals surface area contributed by atoms with E-state index in [0.29, 0.717) is 13.0 Å². The molecular formula is C23H20N2OS. The molecule has 0 aliphatic rings. The Kier molecular flexibility index (Phi) is 4.99. The second-order valence-electron chi connectivity index (χ2n) is 6.60. The van der Waals surface area contributed by atoms with E-state index in [1.165, 1.54) is 5.56 Å². The molecule has 0 unspecified atom stereocenters. The van der Waals surface area contributed by atoms with Crippen LogP contribution >= 0.6 is 11.3 Å². The Morgan fingerprint density at radius 3 is 2.30 bits per heavy atom. The van der Waals surface area contributed by atoms with E-state index < -0.39 is 0 Å². The lowest BCUT2D eigenvalue weighted by Crippen LogP contribution is -2.31. The first-order valence-corrected chi connectivity index (χ1v) is 9.76. The van der Waals surface area contributed by atoms with Gasteiger partial charge in [-0.15, -0.1) is 0 Å².